The Morgan fingerprint density at radius 3 is 2.16 bits per heavy atom. The van der Waals surface area contributed by atoms with Crippen LogP contribution in [0.25, 0.3) is 0 Å². The lowest BCUT2D eigenvalue weighted by atomic mass is 9.28. The fourth-order valence-corrected chi connectivity index (χ4v) is 5.68. The third-order valence-corrected chi connectivity index (χ3v) is 8.27. The Hall–Kier alpha value is -0.975. The molecule has 2 amide bonds. The summed E-state index contributed by atoms with van der Waals surface area (Å²) in [4.78, 5) is 29.2. The lowest BCUT2D eigenvalue weighted by Gasteiger charge is -2.51. The van der Waals surface area contributed by atoms with E-state index in [4.69, 9.17) is 44.0 Å². The summed E-state index contributed by atoms with van der Waals surface area (Å²) in [7, 11) is 27.8. The van der Waals surface area contributed by atoms with E-state index in [9.17, 15) is 9.59 Å². The van der Waals surface area contributed by atoms with Crippen LogP contribution in [0.2, 0.25) is 5.11 Å². The second-order valence-electron chi connectivity index (χ2n) is 11.0. The molecule has 32 heavy (non-hydrogen) atoms. The molecule has 0 aromatic heterocycles. The Labute approximate surface area is 198 Å². The number of hydrogen-bond acceptors (Lipinski definition) is 4. The number of carbonyl (C=O) groups excluding carboxylic acids is 2. The average Bonchev–Trinajstić information content (AvgIpc) is 3.10. The van der Waals surface area contributed by atoms with Gasteiger partial charge in [0, 0.05) is 36.0 Å². The molecule has 0 bridgehead atoms. The maximum Gasteiger partial charge on any atom is 0.408 e. The molecule has 0 aromatic rings. The summed E-state index contributed by atoms with van der Waals surface area (Å²) in [6, 6.07) is 0.506. The minimum absolute atomic E-state index is 0.0253. The van der Waals surface area contributed by atoms with Crippen LogP contribution in [0.3, 0.4) is 0 Å². The van der Waals surface area contributed by atoms with Crippen molar-refractivity contribution in [2.75, 3.05) is 26.2 Å². The molecule has 6 nitrogen and oxygen atoms in total. The first-order chi connectivity index (χ1) is 14.8. The van der Waals surface area contributed by atoms with Gasteiger partial charge in [0.15, 0.2) is 0 Å². The zero-order valence-corrected chi connectivity index (χ0v) is 19.1. The highest BCUT2D eigenvalue weighted by molar-refractivity contribution is 6.67. The van der Waals surface area contributed by atoms with E-state index in [1.165, 1.54) is 6.42 Å². The van der Waals surface area contributed by atoms with Gasteiger partial charge in [-0.1, -0.05) is 0 Å². The molecule has 0 atom stereocenters. The normalized spacial score (nSPS) is 31.0. The number of rotatable bonds is 5. The van der Waals surface area contributed by atoms with Gasteiger partial charge in [-0.05, 0) is 76.8 Å². The molecule has 2 heterocycles. The van der Waals surface area contributed by atoms with Crippen molar-refractivity contribution in [3.8, 4) is 0 Å². The highest BCUT2D eigenvalue weighted by Crippen LogP contribution is 2.51. The summed E-state index contributed by atoms with van der Waals surface area (Å²) in [6.45, 7) is 5.24. The van der Waals surface area contributed by atoms with Crippen molar-refractivity contribution in [2.45, 2.75) is 80.4 Å². The monoisotopic (exact) mass is 427 g/mol. The number of amides is 2. The van der Waals surface area contributed by atoms with Gasteiger partial charge in [0.2, 0.25) is 5.91 Å². The maximum atomic E-state index is 12.6. The van der Waals surface area contributed by atoms with Gasteiger partial charge < -0.3 is 19.9 Å². The minimum Gasteiger partial charge on any atom is -0.465 e. The summed E-state index contributed by atoms with van der Waals surface area (Å²) in [5.74, 6) is 0.358. The predicted octanol–water partition coefficient (Wildman–Crippen LogP) is 0.318. The number of carbonyl (C=O) groups is 2. The number of piperidine rings is 1. The molecule has 1 spiro atoms. The quantitative estimate of drug-likeness (QED) is 0.644. The van der Waals surface area contributed by atoms with Crippen LogP contribution in [0.4, 0.5) is 4.79 Å². The van der Waals surface area contributed by atoms with Crippen LogP contribution in [0.1, 0.15) is 58.3 Å². The Morgan fingerprint density at radius 1 is 1.00 bits per heavy atom. The Kier molecular flexibility index (Phi) is 6.31. The molecular formula is C21H30B5N3O3. The minimum atomic E-state index is -2.16. The summed E-state index contributed by atoms with van der Waals surface area (Å²) < 4.78 is 5.09. The molecule has 4 rings (SSSR count). The molecule has 2 aliphatic carbocycles. The second-order valence-corrected chi connectivity index (χ2v) is 11.0. The Balaban J connectivity index is 1.20. The van der Waals surface area contributed by atoms with E-state index in [2.05, 4.69) is 17.1 Å². The van der Waals surface area contributed by atoms with E-state index in [1.807, 2.05) is 0 Å². The van der Waals surface area contributed by atoms with Gasteiger partial charge in [-0.15, -0.1) is 5.11 Å². The standard InChI is InChI=1S/C21H30B5N3O3/c1-18(5-2-6-18)27-16(30)14-3-8-28(9-4-14)15-11-19(12-15)7-10-29(13-19)17(31)32-21(25,26)20(22,23)24/h14-15H,2-13H2,1H3,(H,27,30). The maximum absolute atomic E-state index is 12.6. The van der Waals surface area contributed by atoms with Crippen molar-refractivity contribution in [3.63, 3.8) is 0 Å². The molecule has 4 aliphatic rings. The van der Waals surface area contributed by atoms with E-state index in [1.54, 1.807) is 4.90 Å². The molecule has 0 unspecified atom stereocenters. The van der Waals surface area contributed by atoms with E-state index in [0.717, 1.165) is 58.0 Å². The predicted molar refractivity (Wildman–Crippen MR) is 127 cm³/mol. The molecule has 2 saturated carbocycles. The smallest absolute Gasteiger partial charge is 0.408 e. The fourth-order valence-electron chi connectivity index (χ4n) is 5.68. The molecule has 2 aliphatic heterocycles. The van der Waals surface area contributed by atoms with E-state index in [0.29, 0.717) is 19.1 Å². The highest BCUT2D eigenvalue weighted by Gasteiger charge is 2.52. The SMILES string of the molecule is [B]C([B])([B])C([B])([B])OC(=O)N1CCC2(CC(N3CCC(C(=O)NC4(C)CCC4)CC3)C2)C1. The molecule has 2 saturated heterocycles. The molecule has 162 valence electrons. The van der Waals surface area contributed by atoms with Crippen molar-refractivity contribution < 1.29 is 14.3 Å². The molecule has 11 heteroatoms. The zero-order chi connectivity index (χ0) is 23.4. The Bertz CT molecular complexity index is 741. The van der Waals surface area contributed by atoms with Crippen molar-refractivity contribution in [3.05, 3.63) is 0 Å². The number of nitrogens with one attached hydrogen (secondary N) is 1. The average molecular weight is 427 g/mol. The van der Waals surface area contributed by atoms with E-state index >= 15 is 0 Å². The fraction of sp³-hybridized carbons (Fsp3) is 0.905. The van der Waals surface area contributed by atoms with Gasteiger partial charge in [0.05, 0.1) is 23.5 Å². The van der Waals surface area contributed by atoms with E-state index in [-0.39, 0.29) is 22.8 Å². The van der Waals surface area contributed by atoms with Crippen molar-refractivity contribution in [1.29, 1.82) is 0 Å². The number of hydrogen-bond donors (Lipinski definition) is 1. The topological polar surface area (TPSA) is 61.9 Å². The third-order valence-electron chi connectivity index (χ3n) is 8.27. The number of likely N-dealkylation sites (tertiary alicyclic amines) is 2. The first-order valence-electron chi connectivity index (χ1n) is 11.8. The summed E-state index contributed by atoms with van der Waals surface area (Å²) >= 11 is 0. The van der Waals surface area contributed by atoms with Gasteiger partial charge >= 0.3 is 6.09 Å². The van der Waals surface area contributed by atoms with Crippen LogP contribution in [-0.2, 0) is 9.53 Å². The number of ether oxygens (including phenoxy) is 1. The van der Waals surface area contributed by atoms with Gasteiger partial charge in [-0.3, -0.25) is 4.79 Å². The molecule has 10 radical (unpaired) electrons. The van der Waals surface area contributed by atoms with Crippen LogP contribution in [-0.4, -0.2) is 104 Å². The van der Waals surface area contributed by atoms with Crippen LogP contribution in [0.15, 0.2) is 0 Å². The van der Waals surface area contributed by atoms with Gasteiger partial charge in [-0.2, -0.15) is 0 Å². The lowest BCUT2D eigenvalue weighted by Crippen LogP contribution is -2.57. The first-order valence-corrected chi connectivity index (χ1v) is 11.8. The van der Waals surface area contributed by atoms with Crippen LogP contribution in [0.5, 0.6) is 0 Å². The van der Waals surface area contributed by atoms with Gasteiger partial charge in [0.1, 0.15) is 15.7 Å². The largest absolute Gasteiger partial charge is 0.465 e. The second kappa shape index (κ2) is 8.35. The van der Waals surface area contributed by atoms with Gasteiger partial charge in [0.25, 0.3) is 0 Å². The van der Waals surface area contributed by atoms with E-state index < -0.39 is 16.6 Å². The molecular weight excluding hydrogens is 396 g/mol. The van der Waals surface area contributed by atoms with Crippen molar-refractivity contribution in [1.82, 2.24) is 15.1 Å². The zero-order valence-electron chi connectivity index (χ0n) is 19.1. The van der Waals surface area contributed by atoms with Crippen LogP contribution >= 0.6 is 0 Å². The third kappa shape index (κ3) is 4.78. The molecule has 1 N–H and O–H groups in total. The number of nitrogens with zero attached hydrogens (tertiary/aromatic N) is 2. The Morgan fingerprint density at radius 2 is 1.62 bits per heavy atom. The van der Waals surface area contributed by atoms with Gasteiger partial charge in [-0.25, -0.2) is 4.79 Å². The summed E-state index contributed by atoms with van der Waals surface area (Å²) in [5, 5.41) is -0.933. The van der Waals surface area contributed by atoms with Crippen LogP contribution in [0, 0.1) is 11.3 Å². The highest BCUT2D eigenvalue weighted by atomic mass is 16.6. The molecule has 4 fully saturated rings. The van der Waals surface area contributed by atoms with Crippen LogP contribution < -0.4 is 5.32 Å². The first kappa shape index (κ1) is 24.2. The molecule has 0 aromatic carbocycles. The summed E-state index contributed by atoms with van der Waals surface area (Å²) in [5.41, 5.74) is 0.130. The summed E-state index contributed by atoms with van der Waals surface area (Å²) in [6.07, 6.45) is 7.57. The van der Waals surface area contributed by atoms with Crippen molar-refractivity contribution >= 4 is 51.2 Å². The van der Waals surface area contributed by atoms with Crippen molar-refractivity contribution in [2.24, 2.45) is 11.3 Å². The lowest BCUT2D eigenvalue weighted by molar-refractivity contribution is -0.130.